The lowest BCUT2D eigenvalue weighted by Gasteiger charge is -2.34. The zero-order valence-electron chi connectivity index (χ0n) is 29.0. The SMILES string of the molecule is CN1CCN(C(=O)[C@@H]2OCO[C@H]2C(=O)N[C@@H](Cc2ccc(OCc3c(Cl)cccc3Cl)cc2)C(=O)OC(C)(C)C)CC1.CN1CCNCC1. The molecule has 2 N–H and O–H groups in total. The predicted octanol–water partition coefficient (Wildman–Crippen LogP) is 2.98. The van der Waals surface area contributed by atoms with E-state index in [1.807, 2.05) is 7.05 Å². The lowest BCUT2D eigenvalue weighted by Crippen LogP contribution is -2.56. The van der Waals surface area contributed by atoms with Crippen molar-refractivity contribution in [3.63, 3.8) is 0 Å². The molecule has 2 aromatic rings. The minimum atomic E-state index is -1.19. The van der Waals surface area contributed by atoms with Gasteiger partial charge in [0.1, 0.15) is 30.8 Å². The molecule has 3 atom stereocenters. The van der Waals surface area contributed by atoms with Crippen molar-refractivity contribution in [3.8, 4) is 5.75 Å². The highest BCUT2D eigenvalue weighted by Crippen LogP contribution is 2.26. The van der Waals surface area contributed by atoms with Crippen molar-refractivity contribution in [2.24, 2.45) is 0 Å². The number of nitrogens with one attached hydrogen (secondary N) is 2. The van der Waals surface area contributed by atoms with E-state index in [2.05, 4.69) is 27.5 Å². The number of likely N-dealkylation sites (N-methyl/N-ethyl adjacent to an activating group) is 2. The number of halogens is 2. The summed E-state index contributed by atoms with van der Waals surface area (Å²) in [5.41, 5.74) is 0.660. The monoisotopic (exact) mass is 721 g/mol. The number of benzene rings is 2. The van der Waals surface area contributed by atoms with Gasteiger partial charge in [0, 0.05) is 74.4 Å². The second-order valence-electron chi connectivity index (χ2n) is 13.4. The Hall–Kier alpha value is -2.97. The fraction of sp³-hybridized carbons (Fsp3) is 0.571. The molecule has 0 aromatic heterocycles. The van der Waals surface area contributed by atoms with Crippen LogP contribution in [0.15, 0.2) is 42.5 Å². The lowest BCUT2D eigenvalue weighted by molar-refractivity contribution is -0.159. The van der Waals surface area contributed by atoms with Gasteiger partial charge in [0.25, 0.3) is 11.8 Å². The highest BCUT2D eigenvalue weighted by atomic mass is 35.5. The first-order valence-electron chi connectivity index (χ1n) is 16.6. The fourth-order valence-corrected chi connectivity index (χ4v) is 5.87. The predicted molar refractivity (Wildman–Crippen MR) is 188 cm³/mol. The Kier molecular flexibility index (Phi) is 14.5. The van der Waals surface area contributed by atoms with Gasteiger partial charge in [-0.25, -0.2) is 4.79 Å². The quantitative estimate of drug-likeness (QED) is 0.374. The van der Waals surface area contributed by atoms with Crippen LogP contribution in [-0.2, 0) is 41.6 Å². The Bertz CT molecular complexity index is 1370. The van der Waals surface area contributed by atoms with Gasteiger partial charge in [-0.15, -0.1) is 0 Å². The number of hydrogen-bond donors (Lipinski definition) is 2. The summed E-state index contributed by atoms with van der Waals surface area (Å²) in [6, 6.07) is 11.3. The van der Waals surface area contributed by atoms with Gasteiger partial charge in [0.05, 0.1) is 0 Å². The summed E-state index contributed by atoms with van der Waals surface area (Å²) in [6.45, 7) is 12.5. The second-order valence-corrected chi connectivity index (χ2v) is 14.2. The number of carbonyl (C=O) groups is 3. The van der Waals surface area contributed by atoms with Crippen LogP contribution in [0.5, 0.6) is 5.75 Å². The first-order chi connectivity index (χ1) is 23.3. The summed E-state index contributed by atoms with van der Waals surface area (Å²) in [6.07, 6.45) is -2.13. The van der Waals surface area contributed by atoms with E-state index in [9.17, 15) is 14.4 Å². The zero-order valence-corrected chi connectivity index (χ0v) is 30.5. The molecule has 3 aliphatic rings. The van der Waals surface area contributed by atoms with Gasteiger partial charge in [-0.3, -0.25) is 9.59 Å². The van der Waals surface area contributed by atoms with Gasteiger partial charge in [-0.05, 0) is 64.7 Å². The molecule has 3 saturated heterocycles. The van der Waals surface area contributed by atoms with Crippen molar-refractivity contribution in [3.05, 3.63) is 63.6 Å². The van der Waals surface area contributed by atoms with Crippen LogP contribution in [0.3, 0.4) is 0 Å². The molecule has 14 heteroatoms. The van der Waals surface area contributed by atoms with E-state index in [4.69, 9.17) is 42.1 Å². The Morgan fingerprint density at radius 3 is 2.06 bits per heavy atom. The Morgan fingerprint density at radius 1 is 0.898 bits per heavy atom. The second kappa shape index (κ2) is 18.3. The van der Waals surface area contributed by atoms with E-state index >= 15 is 0 Å². The summed E-state index contributed by atoms with van der Waals surface area (Å²) in [4.78, 5) is 45.8. The van der Waals surface area contributed by atoms with Crippen LogP contribution < -0.4 is 15.4 Å². The standard InChI is InChI=1S/C30H37Cl2N3O7.C5H12N2/c1-30(2,3)42-29(38)24(16-19-8-10-20(11-9-19)39-17-21-22(31)6-5-7-23(21)32)33-27(36)25-26(41-18-40-25)28(37)35-14-12-34(4)13-15-35;1-7-4-2-6-3-5-7/h5-11,24-26H,12-18H2,1-4H3,(H,33,36);6H,2-5H2,1H3/t24-,25+,26+;/m0./s1. The third kappa shape index (κ3) is 12.1. The van der Waals surface area contributed by atoms with Gasteiger partial charge in [-0.2, -0.15) is 0 Å². The summed E-state index contributed by atoms with van der Waals surface area (Å²) < 4.78 is 22.5. The van der Waals surface area contributed by atoms with Crippen LogP contribution in [0.4, 0.5) is 0 Å². The third-order valence-corrected chi connectivity index (χ3v) is 8.95. The Labute approximate surface area is 299 Å². The molecule has 3 aliphatic heterocycles. The average molecular weight is 723 g/mol. The van der Waals surface area contributed by atoms with Crippen LogP contribution in [0.25, 0.3) is 0 Å². The molecule has 0 radical (unpaired) electrons. The number of ether oxygens (including phenoxy) is 4. The van der Waals surface area contributed by atoms with E-state index in [1.165, 1.54) is 13.1 Å². The van der Waals surface area contributed by atoms with E-state index < -0.39 is 35.7 Å². The maximum Gasteiger partial charge on any atom is 0.329 e. The van der Waals surface area contributed by atoms with E-state index in [0.717, 1.165) is 31.7 Å². The number of rotatable bonds is 9. The molecule has 2 amide bonds. The van der Waals surface area contributed by atoms with Crippen molar-refractivity contribution >= 4 is 41.0 Å². The maximum atomic E-state index is 13.4. The molecule has 270 valence electrons. The van der Waals surface area contributed by atoms with Gasteiger partial charge in [0.15, 0.2) is 12.2 Å². The average Bonchev–Trinajstić information content (AvgIpc) is 3.55. The highest BCUT2D eigenvalue weighted by molar-refractivity contribution is 6.35. The van der Waals surface area contributed by atoms with Gasteiger partial charge in [-0.1, -0.05) is 41.4 Å². The molecule has 0 unspecified atom stereocenters. The van der Waals surface area contributed by atoms with Crippen molar-refractivity contribution in [2.45, 2.75) is 57.6 Å². The number of piperazine rings is 2. The number of amides is 2. The summed E-state index contributed by atoms with van der Waals surface area (Å²) in [5.74, 6) is -0.949. The molecule has 2 aromatic carbocycles. The van der Waals surface area contributed by atoms with Crippen molar-refractivity contribution in [1.29, 1.82) is 0 Å². The number of nitrogens with zero attached hydrogens (tertiary/aromatic N) is 3. The zero-order chi connectivity index (χ0) is 35.6. The van der Waals surface area contributed by atoms with Crippen LogP contribution in [0, 0.1) is 0 Å². The highest BCUT2D eigenvalue weighted by Gasteiger charge is 2.44. The number of esters is 1. The first-order valence-corrected chi connectivity index (χ1v) is 17.3. The van der Waals surface area contributed by atoms with E-state index in [1.54, 1.807) is 68.1 Å². The minimum absolute atomic E-state index is 0.141. The van der Waals surface area contributed by atoms with Crippen LogP contribution in [0.2, 0.25) is 10.0 Å². The molecular formula is C35H49Cl2N5O7. The normalized spacial score (nSPS) is 20.9. The van der Waals surface area contributed by atoms with Gasteiger partial charge in [0.2, 0.25) is 0 Å². The molecule has 0 spiro atoms. The molecule has 49 heavy (non-hydrogen) atoms. The van der Waals surface area contributed by atoms with Crippen LogP contribution >= 0.6 is 23.2 Å². The van der Waals surface area contributed by atoms with Gasteiger partial charge >= 0.3 is 5.97 Å². The van der Waals surface area contributed by atoms with Crippen LogP contribution in [-0.4, -0.2) is 130 Å². The van der Waals surface area contributed by atoms with Crippen molar-refractivity contribution < 1.29 is 33.3 Å². The topological polar surface area (TPSA) is 122 Å². The first kappa shape index (κ1) is 38.8. The Balaban J connectivity index is 0.000000686. The molecule has 0 bridgehead atoms. The largest absolute Gasteiger partial charge is 0.489 e. The molecular weight excluding hydrogens is 673 g/mol. The Morgan fingerprint density at radius 2 is 1.49 bits per heavy atom. The molecule has 0 saturated carbocycles. The summed E-state index contributed by atoms with van der Waals surface area (Å²) in [7, 11) is 4.14. The maximum absolute atomic E-state index is 13.4. The van der Waals surface area contributed by atoms with E-state index in [-0.39, 0.29) is 25.7 Å². The lowest BCUT2D eigenvalue weighted by atomic mass is 10.0. The molecule has 3 heterocycles. The summed E-state index contributed by atoms with van der Waals surface area (Å²) in [5, 5.41) is 7.04. The molecule has 3 fully saturated rings. The molecule has 5 rings (SSSR count). The van der Waals surface area contributed by atoms with Crippen molar-refractivity contribution in [1.82, 2.24) is 25.3 Å². The molecule has 0 aliphatic carbocycles. The van der Waals surface area contributed by atoms with Gasteiger partial charge < -0.3 is 44.3 Å². The molecule has 12 nitrogen and oxygen atoms in total. The van der Waals surface area contributed by atoms with Crippen molar-refractivity contribution in [2.75, 3.05) is 73.2 Å². The summed E-state index contributed by atoms with van der Waals surface area (Å²) >= 11 is 12.5. The number of carbonyl (C=O) groups excluding carboxylic acids is 3. The smallest absolute Gasteiger partial charge is 0.329 e. The number of hydrogen-bond acceptors (Lipinski definition) is 10. The van der Waals surface area contributed by atoms with E-state index in [0.29, 0.717) is 34.4 Å². The third-order valence-electron chi connectivity index (χ3n) is 8.24. The van der Waals surface area contributed by atoms with Crippen LogP contribution in [0.1, 0.15) is 31.9 Å². The fourth-order valence-electron chi connectivity index (χ4n) is 5.36. The minimum Gasteiger partial charge on any atom is -0.489 e.